The largest absolute Gasteiger partial charge is 0.481 e. The summed E-state index contributed by atoms with van der Waals surface area (Å²) in [4.78, 5) is 23.0. The predicted molar refractivity (Wildman–Crippen MR) is 80.8 cm³/mol. The lowest BCUT2D eigenvalue weighted by atomic mass is 9.94. The smallest absolute Gasteiger partial charge is 0.307 e. The average molecular weight is 289 g/mol. The van der Waals surface area contributed by atoms with Gasteiger partial charge in [0.2, 0.25) is 5.91 Å². The summed E-state index contributed by atoms with van der Waals surface area (Å²) in [6.45, 7) is 6.22. The van der Waals surface area contributed by atoms with Gasteiger partial charge in [0.15, 0.2) is 0 Å². The van der Waals surface area contributed by atoms with Crippen LogP contribution >= 0.6 is 0 Å². The van der Waals surface area contributed by atoms with Gasteiger partial charge >= 0.3 is 5.97 Å². The van der Waals surface area contributed by atoms with Crippen LogP contribution in [0, 0.1) is 17.8 Å². The molecule has 4 heteroatoms. The van der Waals surface area contributed by atoms with Gasteiger partial charge in [-0.2, -0.15) is 0 Å². The van der Waals surface area contributed by atoms with Gasteiger partial charge in [-0.15, -0.1) is 0 Å². The molecule has 0 bridgehead atoms. The Kier molecular flexibility index (Phi) is 4.66. The van der Waals surface area contributed by atoms with E-state index in [2.05, 4.69) is 38.2 Å². The SMILES string of the molecule is CCc1ccc(C(NC(=O)C2CC2C(=O)O)C(C)C)cc1. The first kappa shape index (κ1) is 15.5. The third kappa shape index (κ3) is 3.63. The minimum atomic E-state index is -0.872. The number of hydrogen-bond acceptors (Lipinski definition) is 2. The van der Waals surface area contributed by atoms with E-state index >= 15 is 0 Å². The number of nitrogens with one attached hydrogen (secondary N) is 1. The summed E-state index contributed by atoms with van der Waals surface area (Å²) in [7, 11) is 0. The fourth-order valence-electron chi connectivity index (χ4n) is 2.61. The molecule has 0 aromatic heterocycles. The predicted octanol–water partition coefficient (Wildman–Crippen LogP) is 2.78. The van der Waals surface area contributed by atoms with Gasteiger partial charge in [0, 0.05) is 0 Å². The number of carbonyl (C=O) groups is 2. The molecule has 1 aliphatic carbocycles. The third-order valence-corrected chi connectivity index (χ3v) is 4.16. The lowest BCUT2D eigenvalue weighted by Gasteiger charge is -2.23. The number of carbonyl (C=O) groups excluding carboxylic acids is 1. The maximum atomic E-state index is 12.2. The number of benzene rings is 1. The zero-order chi connectivity index (χ0) is 15.6. The highest BCUT2D eigenvalue weighted by molar-refractivity contribution is 5.89. The zero-order valence-corrected chi connectivity index (χ0v) is 12.8. The minimum absolute atomic E-state index is 0.0709. The normalized spacial score (nSPS) is 21.9. The lowest BCUT2D eigenvalue weighted by molar-refractivity contribution is -0.140. The third-order valence-electron chi connectivity index (χ3n) is 4.16. The number of amides is 1. The first-order valence-corrected chi connectivity index (χ1v) is 7.56. The molecule has 4 nitrogen and oxygen atoms in total. The van der Waals surface area contributed by atoms with E-state index in [0.717, 1.165) is 12.0 Å². The fraction of sp³-hybridized carbons (Fsp3) is 0.529. The molecule has 0 heterocycles. The summed E-state index contributed by atoms with van der Waals surface area (Å²) in [5.74, 6) is -1.62. The Morgan fingerprint density at radius 3 is 2.29 bits per heavy atom. The van der Waals surface area contributed by atoms with Crippen molar-refractivity contribution in [3.05, 3.63) is 35.4 Å². The van der Waals surface area contributed by atoms with Gasteiger partial charge in [0.05, 0.1) is 17.9 Å². The molecule has 1 amide bonds. The number of rotatable bonds is 6. The van der Waals surface area contributed by atoms with Crippen LogP contribution in [0.5, 0.6) is 0 Å². The van der Waals surface area contributed by atoms with E-state index in [9.17, 15) is 9.59 Å². The van der Waals surface area contributed by atoms with Gasteiger partial charge in [0.25, 0.3) is 0 Å². The lowest BCUT2D eigenvalue weighted by Crippen LogP contribution is -2.33. The van der Waals surface area contributed by atoms with E-state index in [0.29, 0.717) is 6.42 Å². The summed E-state index contributed by atoms with van der Waals surface area (Å²) >= 11 is 0. The topological polar surface area (TPSA) is 66.4 Å². The summed E-state index contributed by atoms with van der Waals surface area (Å²) in [6.07, 6.45) is 1.45. The van der Waals surface area contributed by atoms with E-state index in [1.54, 1.807) is 0 Å². The van der Waals surface area contributed by atoms with Crippen molar-refractivity contribution in [2.24, 2.45) is 17.8 Å². The standard InChI is InChI=1S/C17H23NO3/c1-4-11-5-7-12(8-6-11)15(10(2)3)18-16(19)13-9-14(13)17(20)21/h5-8,10,13-15H,4,9H2,1-3H3,(H,18,19)(H,20,21). The number of hydrogen-bond donors (Lipinski definition) is 2. The van der Waals surface area contributed by atoms with Crippen molar-refractivity contribution >= 4 is 11.9 Å². The van der Waals surface area contributed by atoms with Gasteiger partial charge < -0.3 is 10.4 Å². The molecule has 1 aromatic rings. The summed E-state index contributed by atoms with van der Waals surface area (Å²) in [5.41, 5.74) is 2.34. The first-order valence-electron chi connectivity index (χ1n) is 7.56. The van der Waals surface area contributed by atoms with E-state index in [4.69, 9.17) is 5.11 Å². The maximum absolute atomic E-state index is 12.2. The van der Waals surface area contributed by atoms with Gasteiger partial charge in [-0.25, -0.2) is 0 Å². The van der Waals surface area contributed by atoms with E-state index in [-0.39, 0.29) is 23.8 Å². The Hall–Kier alpha value is -1.84. The Labute approximate surface area is 125 Å². The number of carboxylic acids is 1. The average Bonchev–Trinajstić information content (AvgIpc) is 3.25. The van der Waals surface area contributed by atoms with Gasteiger partial charge in [-0.1, -0.05) is 45.0 Å². The Morgan fingerprint density at radius 1 is 1.24 bits per heavy atom. The molecular weight excluding hydrogens is 266 g/mol. The van der Waals surface area contributed by atoms with Crippen LogP contribution in [0.2, 0.25) is 0 Å². The van der Waals surface area contributed by atoms with Gasteiger partial charge in [-0.3, -0.25) is 9.59 Å². The molecule has 1 aliphatic rings. The second-order valence-electron chi connectivity index (χ2n) is 6.11. The van der Waals surface area contributed by atoms with E-state index < -0.39 is 11.9 Å². The molecule has 0 aliphatic heterocycles. The highest BCUT2D eigenvalue weighted by atomic mass is 16.4. The quantitative estimate of drug-likeness (QED) is 0.846. The molecule has 21 heavy (non-hydrogen) atoms. The van der Waals surface area contributed by atoms with Crippen molar-refractivity contribution in [1.29, 1.82) is 0 Å². The molecular formula is C17H23NO3. The molecule has 2 N–H and O–H groups in total. The molecule has 0 radical (unpaired) electrons. The van der Waals surface area contributed by atoms with Crippen LogP contribution in [0.25, 0.3) is 0 Å². The monoisotopic (exact) mass is 289 g/mol. The number of aliphatic carboxylic acids is 1. The maximum Gasteiger partial charge on any atom is 0.307 e. The highest BCUT2D eigenvalue weighted by Crippen LogP contribution is 2.39. The molecule has 1 aromatic carbocycles. The molecule has 3 unspecified atom stereocenters. The van der Waals surface area contributed by atoms with Gasteiger partial charge in [0.1, 0.15) is 0 Å². The number of carboxylic acid groups (broad SMARTS) is 1. The summed E-state index contributed by atoms with van der Waals surface area (Å²) in [6, 6.07) is 8.18. The summed E-state index contributed by atoms with van der Waals surface area (Å²) in [5, 5.41) is 11.9. The van der Waals surface area contributed by atoms with Crippen LogP contribution in [0.1, 0.15) is 44.4 Å². The second-order valence-corrected chi connectivity index (χ2v) is 6.11. The van der Waals surface area contributed by atoms with Crippen molar-refractivity contribution in [1.82, 2.24) is 5.32 Å². The Bertz CT molecular complexity index is 521. The molecule has 1 saturated carbocycles. The van der Waals surface area contributed by atoms with E-state index in [1.807, 2.05) is 12.1 Å². The number of aryl methyl sites for hydroxylation is 1. The Balaban J connectivity index is 2.05. The molecule has 3 atom stereocenters. The van der Waals surface area contributed by atoms with Crippen LogP contribution < -0.4 is 5.32 Å². The van der Waals surface area contributed by atoms with Crippen molar-refractivity contribution in [3.63, 3.8) is 0 Å². The van der Waals surface area contributed by atoms with Gasteiger partial charge in [-0.05, 0) is 29.9 Å². The van der Waals surface area contributed by atoms with Crippen molar-refractivity contribution in [2.45, 2.75) is 39.7 Å². The van der Waals surface area contributed by atoms with Crippen LogP contribution in [-0.2, 0) is 16.0 Å². The van der Waals surface area contributed by atoms with Crippen LogP contribution in [0.4, 0.5) is 0 Å². The Morgan fingerprint density at radius 2 is 1.86 bits per heavy atom. The molecule has 2 rings (SSSR count). The van der Waals surface area contributed by atoms with E-state index in [1.165, 1.54) is 5.56 Å². The summed E-state index contributed by atoms with van der Waals surface area (Å²) < 4.78 is 0. The zero-order valence-electron chi connectivity index (χ0n) is 12.8. The second kappa shape index (κ2) is 6.29. The van der Waals surface area contributed by atoms with Crippen LogP contribution in [0.15, 0.2) is 24.3 Å². The van der Waals surface area contributed by atoms with Crippen molar-refractivity contribution in [2.75, 3.05) is 0 Å². The van der Waals surface area contributed by atoms with Crippen molar-refractivity contribution in [3.8, 4) is 0 Å². The first-order chi connectivity index (χ1) is 9.93. The highest BCUT2D eigenvalue weighted by Gasteiger charge is 2.48. The molecule has 0 saturated heterocycles. The van der Waals surface area contributed by atoms with Crippen LogP contribution in [-0.4, -0.2) is 17.0 Å². The fourth-order valence-corrected chi connectivity index (χ4v) is 2.61. The molecule has 114 valence electrons. The van der Waals surface area contributed by atoms with Crippen molar-refractivity contribution < 1.29 is 14.7 Å². The minimum Gasteiger partial charge on any atom is -0.481 e. The molecule has 1 fully saturated rings. The molecule has 0 spiro atoms. The van der Waals surface area contributed by atoms with Crippen LogP contribution in [0.3, 0.4) is 0 Å².